The molecule has 0 aliphatic rings. The Labute approximate surface area is 157 Å². The van der Waals surface area contributed by atoms with Crippen LogP contribution in [-0.2, 0) is 9.53 Å². The van der Waals surface area contributed by atoms with Crippen LogP contribution in [0.3, 0.4) is 0 Å². The summed E-state index contributed by atoms with van der Waals surface area (Å²) in [7, 11) is 0. The van der Waals surface area contributed by atoms with E-state index < -0.39 is 39.1 Å². The first-order valence-electron chi connectivity index (χ1n) is 7.40. The van der Waals surface area contributed by atoms with Gasteiger partial charge in [-0.2, -0.15) is 0 Å². The van der Waals surface area contributed by atoms with E-state index in [9.17, 15) is 29.8 Å². The monoisotopic (exact) mass is 393 g/mol. The molecule has 2 aromatic carbocycles. The molecule has 0 aliphatic heterocycles. The number of hydrogen-bond donors (Lipinski definition) is 1. The molecule has 1 N–H and O–H groups in total. The van der Waals surface area contributed by atoms with Crippen LogP contribution in [0.25, 0.3) is 0 Å². The average molecular weight is 394 g/mol. The highest BCUT2D eigenvalue weighted by Gasteiger charge is 2.26. The molecule has 10 nitrogen and oxygen atoms in total. The summed E-state index contributed by atoms with van der Waals surface area (Å²) in [4.78, 5) is 44.9. The third kappa shape index (κ3) is 4.76. The van der Waals surface area contributed by atoms with Gasteiger partial charge in [-0.1, -0.05) is 23.7 Å². The molecular formula is C16H12ClN3O7. The fourth-order valence-corrected chi connectivity index (χ4v) is 2.25. The van der Waals surface area contributed by atoms with Crippen LogP contribution in [0.4, 0.5) is 17.1 Å². The van der Waals surface area contributed by atoms with Crippen LogP contribution in [0.15, 0.2) is 42.5 Å². The number of benzene rings is 2. The Kier molecular flexibility index (Phi) is 6.03. The Morgan fingerprint density at radius 2 is 1.70 bits per heavy atom. The molecule has 0 radical (unpaired) electrons. The highest BCUT2D eigenvalue weighted by Crippen LogP contribution is 2.25. The van der Waals surface area contributed by atoms with Gasteiger partial charge in [0, 0.05) is 17.2 Å². The Morgan fingerprint density at radius 1 is 1.07 bits per heavy atom. The minimum atomic E-state index is -1.38. The van der Waals surface area contributed by atoms with Gasteiger partial charge in [0.15, 0.2) is 6.10 Å². The molecule has 1 atom stereocenters. The van der Waals surface area contributed by atoms with Crippen molar-refractivity contribution in [3.8, 4) is 0 Å². The summed E-state index contributed by atoms with van der Waals surface area (Å²) in [5.74, 6) is -1.98. The lowest BCUT2D eigenvalue weighted by Crippen LogP contribution is -2.30. The summed E-state index contributed by atoms with van der Waals surface area (Å²) >= 11 is 5.75. The number of amides is 1. The molecule has 0 unspecified atom stereocenters. The summed E-state index contributed by atoms with van der Waals surface area (Å²) in [6, 6.07) is 8.74. The van der Waals surface area contributed by atoms with E-state index in [1.807, 2.05) is 0 Å². The molecular weight excluding hydrogens is 382 g/mol. The summed E-state index contributed by atoms with van der Waals surface area (Å²) < 4.78 is 4.93. The molecule has 140 valence electrons. The number of anilines is 1. The van der Waals surface area contributed by atoms with Crippen molar-refractivity contribution in [3.05, 3.63) is 73.3 Å². The minimum Gasteiger partial charge on any atom is -0.449 e. The highest BCUT2D eigenvalue weighted by atomic mass is 35.5. The number of nitro groups is 2. The molecule has 0 aliphatic carbocycles. The van der Waals surface area contributed by atoms with Gasteiger partial charge in [0.05, 0.1) is 9.85 Å². The number of halogens is 1. The van der Waals surface area contributed by atoms with E-state index in [1.165, 1.54) is 37.3 Å². The first-order chi connectivity index (χ1) is 12.7. The minimum absolute atomic E-state index is 0.0737. The van der Waals surface area contributed by atoms with Gasteiger partial charge in [-0.05, 0) is 25.1 Å². The second kappa shape index (κ2) is 8.23. The lowest BCUT2D eigenvalue weighted by Gasteiger charge is -2.13. The van der Waals surface area contributed by atoms with E-state index in [0.717, 1.165) is 12.1 Å². The molecule has 0 heterocycles. The summed E-state index contributed by atoms with van der Waals surface area (Å²) in [6.45, 7) is 1.22. The largest absolute Gasteiger partial charge is 0.449 e. The van der Waals surface area contributed by atoms with Crippen LogP contribution in [0, 0.1) is 20.2 Å². The Bertz CT molecular complexity index is 932. The molecule has 0 saturated heterocycles. The number of para-hydroxylation sites is 2. The molecule has 11 heteroatoms. The zero-order valence-electron chi connectivity index (χ0n) is 13.7. The molecule has 0 aromatic heterocycles. The number of esters is 1. The van der Waals surface area contributed by atoms with Gasteiger partial charge < -0.3 is 10.1 Å². The van der Waals surface area contributed by atoms with E-state index in [0.29, 0.717) is 0 Å². The van der Waals surface area contributed by atoms with Crippen LogP contribution in [-0.4, -0.2) is 27.8 Å². The third-order valence-electron chi connectivity index (χ3n) is 3.39. The number of ether oxygens (including phenoxy) is 1. The molecule has 0 saturated carbocycles. The molecule has 2 rings (SSSR count). The predicted molar refractivity (Wildman–Crippen MR) is 94.7 cm³/mol. The Balaban J connectivity index is 2.16. The maximum Gasteiger partial charge on any atom is 0.345 e. The molecule has 0 bridgehead atoms. The van der Waals surface area contributed by atoms with E-state index in [2.05, 4.69) is 5.32 Å². The van der Waals surface area contributed by atoms with Crippen molar-refractivity contribution in [2.24, 2.45) is 0 Å². The van der Waals surface area contributed by atoms with Gasteiger partial charge in [0.1, 0.15) is 11.3 Å². The van der Waals surface area contributed by atoms with Crippen molar-refractivity contribution in [2.75, 3.05) is 5.32 Å². The zero-order valence-corrected chi connectivity index (χ0v) is 14.5. The normalized spacial score (nSPS) is 11.3. The molecule has 1 amide bonds. The summed E-state index contributed by atoms with van der Waals surface area (Å²) in [6.07, 6.45) is -1.38. The fraction of sp³-hybridized carbons (Fsp3) is 0.125. The number of hydrogen-bond acceptors (Lipinski definition) is 7. The van der Waals surface area contributed by atoms with E-state index >= 15 is 0 Å². The van der Waals surface area contributed by atoms with Crippen LogP contribution in [0.5, 0.6) is 0 Å². The molecule has 27 heavy (non-hydrogen) atoms. The maximum absolute atomic E-state index is 12.2. The van der Waals surface area contributed by atoms with Gasteiger partial charge in [-0.15, -0.1) is 0 Å². The summed E-state index contributed by atoms with van der Waals surface area (Å²) in [5, 5.41) is 24.3. The lowest BCUT2D eigenvalue weighted by molar-refractivity contribution is -0.385. The van der Waals surface area contributed by atoms with E-state index in [1.54, 1.807) is 0 Å². The van der Waals surface area contributed by atoms with Crippen molar-refractivity contribution < 1.29 is 24.2 Å². The third-order valence-corrected chi connectivity index (χ3v) is 3.62. The van der Waals surface area contributed by atoms with Crippen LogP contribution in [0.1, 0.15) is 17.3 Å². The SMILES string of the molecule is C[C@@H](OC(=O)c1cc(Cl)ccc1[N+](=O)[O-])C(=O)Nc1ccccc1[N+](=O)[O-]. The molecule has 0 spiro atoms. The standard InChI is InChI=1S/C16H12ClN3O7/c1-9(15(21)18-12-4-2-3-5-14(12)20(25)26)27-16(22)11-8-10(17)6-7-13(11)19(23)24/h2-9H,1H3,(H,18,21)/t9-/m1/s1. The topological polar surface area (TPSA) is 142 Å². The Morgan fingerprint density at radius 3 is 2.33 bits per heavy atom. The van der Waals surface area contributed by atoms with Crippen LogP contribution >= 0.6 is 11.6 Å². The number of nitro benzene ring substituents is 2. The second-order valence-corrected chi connectivity index (χ2v) is 5.67. The van der Waals surface area contributed by atoms with Crippen LogP contribution < -0.4 is 5.32 Å². The van der Waals surface area contributed by atoms with Gasteiger partial charge in [0.2, 0.25) is 0 Å². The quantitative estimate of drug-likeness (QED) is 0.450. The fourth-order valence-electron chi connectivity index (χ4n) is 2.08. The molecule has 0 fully saturated rings. The van der Waals surface area contributed by atoms with Crippen LogP contribution in [0.2, 0.25) is 5.02 Å². The Hall–Kier alpha value is -3.53. The van der Waals surface area contributed by atoms with Gasteiger partial charge in [-0.3, -0.25) is 25.0 Å². The average Bonchev–Trinajstić information content (AvgIpc) is 2.61. The maximum atomic E-state index is 12.2. The van der Waals surface area contributed by atoms with Crippen molar-refractivity contribution in [1.82, 2.24) is 0 Å². The van der Waals surface area contributed by atoms with Crippen molar-refractivity contribution in [3.63, 3.8) is 0 Å². The van der Waals surface area contributed by atoms with Crippen molar-refractivity contribution in [2.45, 2.75) is 13.0 Å². The highest BCUT2D eigenvalue weighted by molar-refractivity contribution is 6.31. The first-order valence-corrected chi connectivity index (χ1v) is 7.77. The first kappa shape index (κ1) is 19.8. The summed E-state index contributed by atoms with van der Waals surface area (Å²) in [5.41, 5.74) is -1.37. The smallest absolute Gasteiger partial charge is 0.345 e. The number of nitrogens with zero attached hydrogens (tertiary/aromatic N) is 2. The van der Waals surface area contributed by atoms with Gasteiger partial charge in [0.25, 0.3) is 17.3 Å². The number of rotatable bonds is 6. The van der Waals surface area contributed by atoms with E-state index in [4.69, 9.17) is 16.3 Å². The van der Waals surface area contributed by atoms with Gasteiger partial charge in [-0.25, -0.2) is 4.79 Å². The predicted octanol–water partition coefficient (Wildman–Crippen LogP) is 3.34. The number of carbonyl (C=O) groups excluding carboxylic acids is 2. The van der Waals surface area contributed by atoms with Crippen molar-refractivity contribution >= 4 is 40.5 Å². The van der Waals surface area contributed by atoms with E-state index in [-0.39, 0.29) is 16.4 Å². The van der Waals surface area contributed by atoms with Gasteiger partial charge >= 0.3 is 5.97 Å². The molecule has 2 aromatic rings. The zero-order chi connectivity index (χ0) is 20.1. The number of nitrogens with one attached hydrogen (secondary N) is 1. The van der Waals surface area contributed by atoms with Crippen molar-refractivity contribution in [1.29, 1.82) is 0 Å². The second-order valence-electron chi connectivity index (χ2n) is 5.23. The lowest BCUT2D eigenvalue weighted by atomic mass is 10.2. The number of carbonyl (C=O) groups is 2.